The Morgan fingerprint density at radius 3 is 2.45 bits per heavy atom. The van der Waals surface area contributed by atoms with E-state index in [1.54, 1.807) is 12.1 Å². The Bertz CT molecular complexity index is 742. The SMILES string of the molecule is Oc1ccc2c(c1)OC[C@H](c1cc3c(cc1O)OCO3)[C@H]2O. The maximum Gasteiger partial charge on any atom is 0.231 e. The van der Waals surface area contributed by atoms with Crippen molar-refractivity contribution >= 4 is 0 Å². The Morgan fingerprint density at radius 1 is 0.864 bits per heavy atom. The standard InChI is InChI=1S/C16H14O6/c17-8-1-2-9-13(3-8)20-6-11(16(9)19)10-4-14-15(5-12(10)18)22-7-21-14/h1-5,11,16-19H,6-7H2/t11-,16+/m1/s1. The highest BCUT2D eigenvalue weighted by molar-refractivity contribution is 5.54. The minimum Gasteiger partial charge on any atom is -0.508 e. The van der Waals surface area contributed by atoms with Crippen LogP contribution in [0.2, 0.25) is 0 Å². The van der Waals surface area contributed by atoms with Crippen molar-refractivity contribution in [3.63, 3.8) is 0 Å². The summed E-state index contributed by atoms with van der Waals surface area (Å²) in [7, 11) is 0. The summed E-state index contributed by atoms with van der Waals surface area (Å²) in [5.74, 6) is 1.14. The van der Waals surface area contributed by atoms with E-state index in [2.05, 4.69) is 0 Å². The van der Waals surface area contributed by atoms with Gasteiger partial charge in [-0.25, -0.2) is 0 Å². The molecule has 6 nitrogen and oxygen atoms in total. The van der Waals surface area contributed by atoms with Gasteiger partial charge < -0.3 is 29.5 Å². The van der Waals surface area contributed by atoms with Gasteiger partial charge in [0.05, 0.1) is 18.6 Å². The lowest BCUT2D eigenvalue weighted by atomic mass is 9.86. The molecular formula is C16H14O6. The molecule has 0 bridgehead atoms. The molecule has 4 rings (SSSR count). The lowest BCUT2D eigenvalue weighted by Crippen LogP contribution is -2.24. The van der Waals surface area contributed by atoms with Crippen LogP contribution in [0.3, 0.4) is 0 Å². The topological polar surface area (TPSA) is 88.4 Å². The Morgan fingerprint density at radius 2 is 1.64 bits per heavy atom. The summed E-state index contributed by atoms with van der Waals surface area (Å²) in [5.41, 5.74) is 1.11. The zero-order chi connectivity index (χ0) is 15.3. The van der Waals surface area contributed by atoms with Crippen LogP contribution in [0.25, 0.3) is 0 Å². The minimum absolute atomic E-state index is 0.0270. The van der Waals surface area contributed by atoms with E-state index < -0.39 is 12.0 Å². The molecule has 6 heteroatoms. The molecule has 0 aromatic heterocycles. The normalized spacial score (nSPS) is 22.0. The van der Waals surface area contributed by atoms with Crippen LogP contribution in [0.4, 0.5) is 0 Å². The molecule has 0 spiro atoms. The number of aliphatic hydroxyl groups is 1. The van der Waals surface area contributed by atoms with Crippen LogP contribution >= 0.6 is 0 Å². The number of rotatable bonds is 1. The van der Waals surface area contributed by atoms with Crippen LogP contribution in [-0.2, 0) is 0 Å². The van der Waals surface area contributed by atoms with Gasteiger partial charge in [0.25, 0.3) is 0 Å². The van der Waals surface area contributed by atoms with Crippen molar-refractivity contribution in [3.05, 3.63) is 41.5 Å². The first-order chi connectivity index (χ1) is 10.6. The largest absolute Gasteiger partial charge is 0.508 e. The third kappa shape index (κ3) is 1.92. The van der Waals surface area contributed by atoms with Gasteiger partial charge in [0, 0.05) is 23.3 Å². The highest BCUT2D eigenvalue weighted by Gasteiger charge is 2.33. The van der Waals surface area contributed by atoms with Crippen molar-refractivity contribution in [2.45, 2.75) is 12.0 Å². The summed E-state index contributed by atoms with van der Waals surface area (Å²) in [5, 5.41) is 30.3. The smallest absolute Gasteiger partial charge is 0.231 e. The second kappa shape index (κ2) is 4.71. The first kappa shape index (κ1) is 13.1. The lowest BCUT2D eigenvalue weighted by molar-refractivity contribution is 0.0875. The van der Waals surface area contributed by atoms with E-state index in [9.17, 15) is 15.3 Å². The second-order valence-electron chi connectivity index (χ2n) is 5.35. The number of phenolic OH excluding ortho intramolecular Hbond substituents is 2. The Kier molecular flexibility index (Phi) is 2.80. The van der Waals surface area contributed by atoms with Crippen molar-refractivity contribution < 1.29 is 29.5 Å². The highest BCUT2D eigenvalue weighted by atomic mass is 16.7. The molecule has 0 radical (unpaired) electrons. The van der Waals surface area contributed by atoms with Gasteiger partial charge in [-0.05, 0) is 18.2 Å². The lowest BCUT2D eigenvalue weighted by Gasteiger charge is -2.31. The molecule has 0 saturated carbocycles. The zero-order valence-electron chi connectivity index (χ0n) is 11.5. The van der Waals surface area contributed by atoms with Gasteiger partial charge in [-0.3, -0.25) is 0 Å². The van der Waals surface area contributed by atoms with Crippen LogP contribution in [-0.4, -0.2) is 28.7 Å². The number of benzene rings is 2. The predicted octanol–water partition coefficient (Wildman–Crippen LogP) is 2.04. The Labute approximate surface area is 126 Å². The minimum atomic E-state index is -0.851. The van der Waals surface area contributed by atoms with E-state index in [1.807, 2.05) is 0 Å². The van der Waals surface area contributed by atoms with Gasteiger partial charge in [-0.1, -0.05) is 0 Å². The molecule has 22 heavy (non-hydrogen) atoms. The number of aliphatic hydroxyl groups excluding tert-OH is 1. The van der Waals surface area contributed by atoms with Crippen LogP contribution < -0.4 is 14.2 Å². The van der Waals surface area contributed by atoms with Gasteiger partial charge >= 0.3 is 0 Å². The van der Waals surface area contributed by atoms with E-state index in [0.717, 1.165) is 0 Å². The summed E-state index contributed by atoms with van der Waals surface area (Å²) in [6.45, 7) is 0.300. The van der Waals surface area contributed by atoms with E-state index >= 15 is 0 Å². The number of ether oxygens (including phenoxy) is 3. The molecule has 0 saturated heterocycles. The fourth-order valence-electron chi connectivity index (χ4n) is 2.88. The van der Waals surface area contributed by atoms with Crippen molar-refractivity contribution in [1.29, 1.82) is 0 Å². The van der Waals surface area contributed by atoms with Crippen LogP contribution in [0, 0.1) is 0 Å². The van der Waals surface area contributed by atoms with Crippen molar-refractivity contribution in [2.75, 3.05) is 13.4 Å². The molecule has 3 N–H and O–H groups in total. The van der Waals surface area contributed by atoms with Crippen molar-refractivity contribution in [2.24, 2.45) is 0 Å². The van der Waals surface area contributed by atoms with Crippen molar-refractivity contribution in [3.8, 4) is 28.7 Å². The zero-order valence-corrected chi connectivity index (χ0v) is 11.5. The first-order valence-electron chi connectivity index (χ1n) is 6.90. The summed E-state index contributed by atoms with van der Waals surface area (Å²) in [6, 6.07) is 7.73. The molecule has 2 aromatic rings. The van der Waals surface area contributed by atoms with Gasteiger partial charge in [-0.15, -0.1) is 0 Å². The molecular weight excluding hydrogens is 288 g/mol. The molecule has 2 aliphatic heterocycles. The molecule has 2 atom stereocenters. The summed E-state index contributed by atoms with van der Waals surface area (Å²) >= 11 is 0. The third-order valence-electron chi connectivity index (χ3n) is 4.04. The van der Waals surface area contributed by atoms with E-state index in [1.165, 1.54) is 18.2 Å². The maximum absolute atomic E-state index is 10.6. The fourth-order valence-corrected chi connectivity index (χ4v) is 2.88. The summed E-state index contributed by atoms with van der Waals surface area (Å²) in [6.07, 6.45) is -0.851. The van der Waals surface area contributed by atoms with E-state index in [0.29, 0.717) is 28.4 Å². The van der Waals surface area contributed by atoms with Gasteiger partial charge in [0.2, 0.25) is 6.79 Å². The molecule has 2 heterocycles. The predicted molar refractivity (Wildman–Crippen MR) is 75.5 cm³/mol. The quantitative estimate of drug-likeness (QED) is 0.747. The Hall–Kier alpha value is -2.60. The molecule has 0 aliphatic carbocycles. The van der Waals surface area contributed by atoms with Gasteiger partial charge in [0.15, 0.2) is 11.5 Å². The first-order valence-corrected chi connectivity index (χ1v) is 6.90. The maximum atomic E-state index is 10.6. The monoisotopic (exact) mass is 302 g/mol. The van der Waals surface area contributed by atoms with Gasteiger partial charge in [0.1, 0.15) is 17.2 Å². The second-order valence-corrected chi connectivity index (χ2v) is 5.35. The molecule has 0 amide bonds. The molecule has 0 unspecified atom stereocenters. The van der Waals surface area contributed by atoms with E-state index in [4.69, 9.17) is 14.2 Å². The van der Waals surface area contributed by atoms with E-state index in [-0.39, 0.29) is 24.9 Å². The third-order valence-corrected chi connectivity index (χ3v) is 4.04. The van der Waals surface area contributed by atoms with Crippen LogP contribution in [0.15, 0.2) is 30.3 Å². The van der Waals surface area contributed by atoms with Gasteiger partial charge in [-0.2, -0.15) is 0 Å². The molecule has 0 fully saturated rings. The fraction of sp³-hybridized carbons (Fsp3) is 0.250. The summed E-state index contributed by atoms with van der Waals surface area (Å²) < 4.78 is 16.1. The Balaban J connectivity index is 1.74. The van der Waals surface area contributed by atoms with Crippen LogP contribution in [0.5, 0.6) is 28.7 Å². The number of aromatic hydroxyl groups is 2. The average molecular weight is 302 g/mol. The number of hydrogen-bond acceptors (Lipinski definition) is 6. The van der Waals surface area contributed by atoms with Crippen LogP contribution in [0.1, 0.15) is 23.1 Å². The molecule has 114 valence electrons. The molecule has 2 aromatic carbocycles. The highest BCUT2D eigenvalue weighted by Crippen LogP contribution is 2.47. The number of hydrogen-bond donors (Lipinski definition) is 3. The van der Waals surface area contributed by atoms with Crippen molar-refractivity contribution in [1.82, 2.24) is 0 Å². The average Bonchev–Trinajstić information content (AvgIpc) is 2.94. The number of phenols is 2. The molecule has 2 aliphatic rings. The number of fused-ring (bicyclic) bond motifs is 2. The summed E-state index contributed by atoms with van der Waals surface area (Å²) in [4.78, 5) is 0.